The summed E-state index contributed by atoms with van der Waals surface area (Å²) in [7, 11) is -3.52. The molecule has 1 fully saturated rings. The van der Waals surface area contributed by atoms with E-state index in [1.54, 1.807) is 12.1 Å². The Morgan fingerprint density at radius 1 is 1.00 bits per heavy atom. The van der Waals surface area contributed by atoms with Gasteiger partial charge in [0.1, 0.15) is 6.61 Å². The molecule has 0 aromatic heterocycles. The van der Waals surface area contributed by atoms with E-state index < -0.39 is 27.6 Å². The van der Waals surface area contributed by atoms with E-state index in [1.165, 1.54) is 28.6 Å². The SMILES string of the molecule is O=C(Cc1ccc(S(=O)(=O)N2CCCCC2)cc1)OCc1cccc(F)c1F. The van der Waals surface area contributed by atoms with Crippen molar-refractivity contribution in [2.75, 3.05) is 13.1 Å². The Labute approximate surface area is 163 Å². The van der Waals surface area contributed by atoms with Gasteiger partial charge in [-0.2, -0.15) is 4.31 Å². The van der Waals surface area contributed by atoms with Crippen LogP contribution in [0.25, 0.3) is 0 Å². The van der Waals surface area contributed by atoms with E-state index in [2.05, 4.69) is 0 Å². The van der Waals surface area contributed by atoms with Crippen LogP contribution in [0.5, 0.6) is 0 Å². The molecule has 1 aliphatic rings. The second kappa shape index (κ2) is 8.79. The Balaban J connectivity index is 1.59. The minimum Gasteiger partial charge on any atom is -0.460 e. The molecule has 0 N–H and O–H groups in total. The standard InChI is InChI=1S/C20H21F2NO4S/c21-18-6-4-5-16(20(18)22)14-27-19(24)13-15-7-9-17(10-8-15)28(25,26)23-11-2-1-3-12-23/h4-10H,1-3,11-14H2. The van der Waals surface area contributed by atoms with Crippen molar-refractivity contribution in [3.8, 4) is 0 Å². The zero-order valence-corrected chi connectivity index (χ0v) is 16.1. The van der Waals surface area contributed by atoms with Crippen LogP contribution in [0, 0.1) is 11.6 Å². The Kier molecular flexibility index (Phi) is 6.41. The molecule has 0 amide bonds. The summed E-state index contributed by atoms with van der Waals surface area (Å²) >= 11 is 0. The smallest absolute Gasteiger partial charge is 0.310 e. The summed E-state index contributed by atoms with van der Waals surface area (Å²) in [4.78, 5) is 12.1. The maximum atomic E-state index is 13.6. The first-order valence-corrected chi connectivity index (χ1v) is 10.5. The third kappa shape index (κ3) is 4.74. The van der Waals surface area contributed by atoms with Gasteiger partial charge in [-0.25, -0.2) is 17.2 Å². The predicted molar refractivity (Wildman–Crippen MR) is 98.9 cm³/mol. The largest absolute Gasteiger partial charge is 0.460 e. The molecule has 8 heteroatoms. The summed E-state index contributed by atoms with van der Waals surface area (Å²) in [6, 6.07) is 9.72. The van der Waals surface area contributed by atoms with E-state index in [0.717, 1.165) is 25.3 Å². The molecule has 0 saturated carbocycles. The number of carbonyl (C=O) groups is 1. The number of piperidine rings is 1. The van der Waals surface area contributed by atoms with Crippen molar-refractivity contribution in [2.45, 2.75) is 37.2 Å². The minimum atomic E-state index is -3.52. The molecule has 1 saturated heterocycles. The van der Waals surface area contributed by atoms with Gasteiger partial charge < -0.3 is 4.74 Å². The molecule has 0 radical (unpaired) electrons. The van der Waals surface area contributed by atoms with E-state index in [1.807, 2.05) is 0 Å². The number of nitrogens with zero attached hydrogens (tertiary/aromatic N) is 1. The molecule has 150 valence electrons. The molecule has 28 heavy (non-hydrogen) atoms. The van der Waals surface area contributed by atoms with Crippen molar-refractivity contribution < 1.29 is 26.7 Å². The van der Waals surface area contributed by atoms with Gasteiger partial charge in [0, 0.05) is 18.7 Å². The summed E-state index contributed by atoms with van der Waals surface area (Å²) in [5.41, 5.74) is 0.527. The van der Waals surface area contributed by atoms with Gasteiger partial charge in [0.15, 0.2) is 11.6 Å². The van der Waals surface area contributed by atoms with E-state index in [9.17, 15) is 22.0 Å². The lowest BCUT2D eigenvalue weighted by molar-refractivity contribution is -0.144. The van der Waals surface area contributed by atoms with Crippen LogP contribution in [-0.2, 0) is 32.6 Å². The highest BCUT2D eigenvalue weighted by Crippen LogP contribution is 2.21. The van der Waals surface area contributed by atoms with Gasteiger partial charge in [-0.3, -0.25) is 4.79 Å². The fourth-order valence-corrected chi connectivity index (χ4v) is 4.59. The molecular formula is C20H21F2NO4S. The van der Waals surface area contributed by atoms with Gasteiger partial charge in [0.05, 0.1) is 11.3 Å². The second-order valence-corrected chi connectivity index (χ2v) is 8.60. The van der Waals surface area contributed by atoms with E-state index in [-0.39, 0.29) is 23.5 Å². The molecule has 0 aliphatic carbocycles. The zero-order chi connectivity index (χ0) is 20.1. The first-order valence-electron chi connectivity index (χ1n) is 9.05. The number of hydrogen-bond acceptors (Lipinski definition) is 4. The third-order valence-corrected chi connectivity index (χ3v) is 6.56. The van der Waals surface area contributed by atoms with Crippen LogP contribution in [0.15, 0.2) is 47.4 Å². The maximum absolute atomic E-state index is 13.6. The first-order chi connectivity index (χ1) is 13.4. The molecule has 2 aromatic carbocycles. The molecule has 2 aromatic rings. The van der Waals surface area contributed by atoms with Crippen molar-refractivity contribution in [3.63, 3.8) is 0 Å². The quantitative estimate of drug-likeness (QED) is 0.686. The molecular weight excluding hydrogens is 388 g/mol. The van der Waals surface area contributed by atoms with Gasteiger partial charge in [0.2, 0.25) is 10.0 Å². The highest BCUT2D eigenvalue weighted by molar-refractivity contribution is 7.89. The highest BCUT2D eigenvalue weighted by atomic mass is 32.2. The Morgan fingerprint density at radius 3 is 2.36 bits per heavy atom. The maximum Gasteiger partial charge on any atom is 0.310 e. The number of sulfonamides is 1. The second-order valence-electron chi connectivity index (χ2n) is 6.66. The molecule has 3 rings (SSSR count). The Morgan fingerprint density at radius 2 is 1.68 bits per heavy atom. The normalized spacial score (nSPS) is 15.4. The van der Waals surface area contributed by atoms with Crippen LogP contribution < -0.4 is 0 Å². The van der Waals surface area contributed by atoms with Crippen molar-refractivity contribution >= 4 is 16.0 Å². The van der Waals surface area contributed by atoms with Crippen molar-refractivity contribution in [2.24, 2.45) is 0 Å². The minimum absolute atomic E-state index is 0.0451. The van der Waals surface area contributed by atoms with E-state index >= 15 is 0 Å². The van der Waals surface area contributed by atoms with Crippen LogP contribution in [0.4, 0.5) is 8.78 Å². The molecule has 0 spiro atoms. The van der Waals surface area contributed by atoms with Crippen LogP contribution in [-0.4, -0.2) is 31.8 Å². The number of carbonyl (C=O) groups excluding carboxylic acids is 1. The van der Waals surface area contributed by atoms with Crippen LogP contribution in [0.3, 0.4) is 0 Å². The molecule has 0 unspecified atom stereocenters. The number of rotatable bonds is 6. The molecule has 1 heterocycles. The van der Waals surface area contributed by atoms with E-state index in [4.69, 9.17) is 4.74 Å². The Hall–Kier alpha value is -2.32. The highest BCUT2D eigenvalue weighted by Gasteiger charge is 2.25. The summed E-state index contributed by atoms with van der Waals surface area (Å²) < 4.78 is 58.4. The van der Waals surface area contributed by atoms with Crippen molar-refractivity contribution in [3.05, 3.63) is 65.2 Å². The topological polar surface area (TPSA) is 63.7 Å². The van der Waals surface area contributed by atoms with E-state index in [0.29, 0.717) is 18.7 Å². The number of benzene rings is 2. The fraction of sp³-hybridized carbons (Fsp3) is 0.350. The number of esters is 1. The predicted octanol–water partition coefficient (Wildman–Crippen LogP) is 3.43. The Bertz CT molecular complexity index is 939. The first kappa shape index (κ1) is 20.4. The van der Waals surface area contributed by atoms with Gasteiger partial charge in [-0.05, 0) is 36.6 Å². The lowest BCUT2D eigenvalue weighted by atomic mass is 10.1. The summed E-state index contributed by atoms with van der Waals surface area (Å²) in [5, 5.41) is 0. The number of ether oxygens (including phenoxy) is 1. The van der Waals surface area contributed by atoms with Gasteiger partial charge >= 0.3 is 5.97 Å². The van der Waals surface area contributed by atoms with Crippen LogP contribution >= 0.6 is 0 Å². The summed E-state index contributed by atoms with van der Waals surface area (Å²) in [6.07, 6.45) is 2.65. The molecule has 0 atom stereocenters. The fourth-order valence-electron chi connectivity index (χ4n) is 3.07. The summed E-state index contributed by atoms with van der Waals surface area (Å²) in [6.45, 7) is 0.671. The van der Waals surface area contributed by atoms with Gasteiger partial charge in [-0.1, -0.05) is 30.7 Å². The van der Waals surface area contributed by atoms with Crippen LogP contribution in [0.2, 0.25) is 0 Å². The van der Waals surface area contributed by atoms with Crippen molar-refractivity contribution in [1.82, 2.24) is 4.31 Å². The van der Waals surface area contributed by atoms with Gasteiger partial charge in [0.25, 0.3) is 0 Å². The van der Waals surface area contributed by atoms with Crippen molar-refractivity contribution in [1.29, 1.82) is 0 Å². The monoisotopic (exact) mass is 409 g/mol. The third-order valence-electron chi connectivity index (χ3n) is 4.64. The zero-order valence-electron chi connectivity index (χ0n) is 15.2. The summed E-state index contributed by atoms with van der Waals surface area (Å²) in [5.74, 6) is -2.66. The van der Waals surface area contributed by atoms with Gasteiger partial charge in [-0.15, -0.1) is 0 Å². The van der Waals surface area contributed by atoms with Crippen LogP contribution in [0.1, 0.15) is 30.4 Å². The molecule has 5 nitrogen and oxygen atoms in total. The average Bonchev–Trinajstić information content (AvgIpc) is 2.70. The average molecular weight is 409 g/mol. The lowest BCUT2D eigenvalue weighted by Crippen LogP contribution is -2.35. The number of hydrogen-bond donors (Lipinski definition) is 0. The number of halogens is 2. The lowest BCUT2D eigenvalue weighted by Gasteiger charge is -2.25. The molecule has 1 aliphatic heterocycles. The molecule has 0 bridgehead atoms.